The Kier molecular flexibility index (Phi) is 4.94. The van der Waals surface area contributed by atoms with Crippen LogP contribution in [0, 0.1) is 17.3 Å². The molecule has 2 rings (SSSR count). The second-order valence-electron chi connectivity index (χ2n) is 7.33. The van der Waals surface area contributed by atoms with E-state index in [1.807, 2.05) is 0 Å². The first-order chi connectivity index (χ1) is 9.48. The topological polar surface area (TPSA) is 0 Å². The Labute approximate surface area is 126 Å². The van der Waals surface area contributed by atoms with Gasteiger partial charge in [0.15, 0.2) is 0 Å². The molecule has 112 valence electrons. The molecule has 0 radical (unpaired) electrons. The Morgan fingerprint density at radius 2 is 1.95 bits per heavy atom. The smallest absolute Gasteiger partial charge is 0.0175 e. The maximum absolute atomic E-state index is 4.31. The molecule has 3 unspecified atom stereocenters. The minimum Gasteiger partial charge on any atom is -0.0953 e. The monoisotopic (exact) mass is 272 g/mol. The third-order valence-corrected chi connectivity index (χ3v) is 6.21. The van der Waals surface area contributed by atoms with Gasteiger partial charge in [0.05, 0.1) is 0 Å². The first kappa shape index (κ1) is 15.6. The molecule has 2 fully saturated rings. The maximum atomic E-state index is 4.31. The number of hydrogen-bond acceptors (Lipinski definition) is 0. The van der Waals surface area contributed by atoms with Crippen LogP contribution in [0.3, 0.4) is 0 Å². The molecule has 0 heteroatoms. The van der Waals surface area contributed by atoms with Gasteiger partial charge in [0.25, 0.3) is 0 Å². The van der Waals surface area contributed by atoms with Gasteiger partial charge in [-0.25, -0.2) is 0 Å². The fourth-order valence-corrected chi connectivity index (χ4v) is 3.94. The predicted octanol–water partition coefficient (Wildman–Crippen LogP) is 6.45. The third kappa shape index (κ3) is 3.10. The summed E-state index contributed by atoms with van der Waals surface area (Å²) in [5, 5.41) is 0. The Morgan fingerprint density at radius 3 is 2.65 bits per heavy atom. The molecule has 0 nitrogen and oxygen atoms in total. The van der Waals surface area contributed by atoms with Gasteiger partial charge in [-0.15, -0.1) is 0 Å². The summed E-state index contributed by atoms with van der Waals surface area (Å²) in [5.74, 6) is 1.41. The van der Waals surface area contributed by atoms with E-state index in [9.17, 15) is 0 Å². The summed E-state index contributed by atoms with van der Waals surface area (Å²) in [6, 6.07) is 0. The second kappa shape index (κ2) is 6.33. The summed E-state index contributed by atoms with van der Waals surface area (Å²) in [7, 11) is 0. The fourth-order valence-electron chi connectivity index (χ4n) is 3.94. The van der Waals surface area contributed by atoms with E-state index in [-0.39, 0.29) is 0 Å². The molecule has 0 heterocycles. The van der Waals surface area contributed by atoms with E-state index in [1.54, 1.807) is 5.57 Å². The quantitative estimate of drug-likeness (QED) is 0.541. The van der Waals surface area contributed by atoms with Crippen LogP contribution >= 0.6 is 0 Å². The van der Waals surface area contributed by atoms with Crippen LogP contribution in [0.1, 0.15) is 72.6 Å². The Balaban J connectivity index is 2.16. The molecular formula is C20H32. The van der Waals surface area contributed by atoms with E-state index in [0.29, 0.717) is 11.3 Å². The average Bonchev–Trinajstić information content (AvgIpc) is 2.44. The molecule has 2 saturated carbocycles. The molecule has 3 atom stereocenters. The predicted molar refractivity (Wildman–Crippen MR) is 89.7 cm³/mol. The van der Waals surface area contributed by atoms with Crippen molar-refractivity contribution in [2.24, 2.45) is 17.3 Å². The van der Waals surface area contributed by atoms with Crippen molar-refractivity contribution in [1.29, 1.82) is 0 Å². The molecule has 0 aliphatic heterocycles. The van der Waals surface area contributed by atoms with Gasteiger partial charge in [-0.3, -0.25) is 0 Å². The highest BCUT2D eigenvalue weighted by atomic mass is 14.4. The van der Waals surface area contributed by atoms with E-state index >= 15 is 0 Å². The number of allylic oxidation sites excluding steroid dienone is 5. The molecule has 20 heavy (non-hydrogen) atoms. The molecule has 0 spiro atoms. The molecule has 0 saturated heterocycles. The lowest BCUT2D eigenvalue weighted by atomic mass is 9.64. The van der Waals surface area contributed by atoms with E-state index in [0.717, 1.165) is 5.92 Å². The molecule has 0 aromatic carbocycles. The highest BCUT2D eigenvalue weighted by Gasteiger charge is 2.34. The average molecular weight is 272 g/mol. The molecule has 0 aromatic heterocycles. The molecule has 0 aromatic rings. The number of rotatable bonds is 2. The Morgan fingerprint density at radius 1 is 1.20 bits per heavy atom. The molecular weight excluding hydrogens is 240 g/mol. The third-order valence-electron chi connectivity index (χ3n) is 6.21. The van der Waals surface area contributed by atoms with Crippen molar-refractivity contribution >= 4 is 0 Å². The van der Waals surface area contributed by atoms with Crippen molar-refractivity contribution in [3.8, 4) is 0 Å². The first-order valence-corrected chi connectivity index (χ1v) is 8.56. The first-order valence-electron chi connectivity index (χ1n) is 8.56. The summed E-state index contributed by atoms with van der Waals surface area (Å²) in [5.41, 5.74) is 5.07. The summed E-state index contributed by atoms with van der Waals surface area (Å²) in [4.78, 5) is 0. The summed E-state index contributed by atoms with van der Waals surface area (Å²) >= 11 is 0. The Hall–Kier alpha value is -0.780. The molecule has 0 bridgehead atoms. The Bertz CT molecular complexity index is 423. The van der Waals surface area contributed by atoms with E-state index in [2.05, 4.69) is 46.4 Å². The highest BCUT2D eigenvalue weighted by molar-refractivity contribution is 5.36. The second-order valence-corrected chi connectivity index (χ2v) is 7.33. The minimum absolute atomic E-state index is 0.513. The molecule has 0 amide bonds. The van der Waals surface area contributed by atoms with Gasteiger partial charge in [0, 0.05) is 0 Å². The van der Waals surface area contributed by atoms with Crippen LogP contribution in [0.2, 0.25) is 0 Å². The summed E-state index contributed by atoms with van der Waals surface area (Å²) in [6.07, 6.45) is 14.1. The van der Waals surface area contributed by atoms with Crippen molar-refractivity contribution in [3.63, 3.8) is 0 Å². The normalized spacial score (nSPS) is 39.5. The number of hydrogen-bond donors (Lipinski definition) is 0. The van der Waals surface area contributed by atoms with Crippen molar-refractivity contribution in [1.82, 2.24) is 0 Å². The van der Waals surface area contributed by atoms with E-state index < -0.39 is 0 Å². The van der Waals surface area contributed by atoms with Gasteiger partial charge < -0.3 is 0 Å². The van der Waals surface area contributed by atoms with Crippen LogP contribution in [0.4, 0.5) is 0 Å². The summed E-state index contributed by atoms with van der Waals surface area (Å²) in [6.45, 7) is 13.9. The van der Waals surface area contributed by atoms with Crippen LogP contribution in [0.15, 0.2) is 35.5 Å². The fraction of sp³-hybridized carbons (Fsp3) is 0.700. The van der Waals surface area contributed by atoms with E-state index in [4.69, 9.17) is 0 Å². The largest absolute Gasteiger partial charge is 0.0953 e. The van der Waals surface area contributed by atoms with Crippen LogP contribution in [-0.4, -0.2) is 0 Å². The van der Waals surface area contributed by atoms with Crippen LogP contribution < -0.4 is 0 Å². The van der Waals surface area contributed by atoms with Gasteiger partial charge in [0.2, 0.25) is 0 Å². The lowest BCUT2D eigenvalue weighted by Crippen LogP contribution is -2.29. The zero-order valence-electron chi connectivity index (χ0n) is 14.0. The lowest BCUT2D eigenvalue weighted by Gasteiger charge is -2.41. The zero-order valence-corrected chi connectivity index (χ0v) is 14.0. The van der Waals surface area contributed by atoms with Crippen molar-refractivity contribution in [2.75, 3.05) is 0 Å². The van der Waals surface area contributed by atoms with Crippen molar-refractivity contribution < 1.29 is 0 Å². The minimum atomic E-state index is 0.513. The van der Waals surface area contributed by atoms with Gasteiger partial charge in [-0.1, -0.05) is 58.4 Å². The van der Waals surface area contributed by atoms with E-state index in [1.165, 1.54) is 56.1 Å². The maximum Gasteiger partial charge on any atom is -0.0175 e. The van der Waals surface area contributed by atoms with Gasteiger partial charge in [-0.2, -0.15) is 0 Å². The zero-order chi connectivity index (χ0) is 14.8. The van der Waals surface area contributed by atoms with Gasteiger partial charge in [0.1, 0.15) is 0 Å². The summed E-state index contributed by atoms with van der Waals surface area (Å²) < 4.78 is 0. The molecule has 2 aliphatic carbocycles. The SMILES string of the molecule is C=C1/C(=C\C=C2/CCCC(C)(CC)C2C)CCCC1C. The standard InChI is InChI=1S/C20H32/c1-6-20(5)14-8-11-19(17(20)4)13-12-18-10-7-9-15(2)16(18)3/h12-13,15,17H,3,6-11,14H2,1-2,4-5H3/b18-12-,19-13+. The molecule has 2 aliphatic rings. The van der Waals surface area contributed by atoms with Crippen molar-refractivity contribution in [3.05, 3.63) is 35.5 Å². The molecule has 0 N–H and O–H groups in total. The van der Waals surface area contributed by atoms with Crippen LogP contribution in [-0.2, 0) is 0 Å². The van der Waals surface area contributed by atoms with Crippen LogP contribution in [0.5, 0.6) is 0 Å². The van der Waals surface area contributed by atoms with Gasteiger partial charge >= 0.3 is 0 Å². The highest BCUT2D eigenvalue weighted by Crippen LogP contribution is 2.46. The lowest BCUT2D eigenvalue weighted by molar-refractivity contribution is 0.170. The van der Waals surface area contributed by atoms with Gasteiger partial charge in [-0.05, 0) is 66.9 Å². The van der Waals surface area contributed by atoms with Crippen LogP contribution in [0.25, 0.3) is 0 Å². The van der Waals surface area contributed by atoms with Crippen molar-refractivity contribution in [2.45, 2.75) is 72.6 Å².